The maximum Gasteiger partial charge on any atom is 0.252 e. The molecule has 0 saturated carbocycles. The van der Waals surface area contributed by atoms with Gasteiger partial charge in [-0.1, -0.05) is 60.3 Å². The number of aromatic amines is 1. The first-order valence-corrected chi connectivity index (χ1v) is 17.7. The molecule has 1 amide bonds. The summed E-state index contributed by atoms with van der Waals surface area (Å²) >= 11 is 1.62. The molecule has 0 aliphatic heterocycles. The first kappa shape index (κ1) is 35.3. The molecule has 7 rings (SSSR count). The van der Waals surface area contributed by atoms with Gasteiger partial charge in [0.05, 0.1) is 35.5 Å². The summed E-state index contributed by atoms with van der Waals surface area (Å²) in [6.45, 7) is 2.85. The Balaban J connectivity index is 1.03. The van der Waals surface area contributed by atoms with Crippen molar-refractivity contribution in [2.75, 3.05) is 19.0 Å². The smallest absolute Gasteiger partial charge is 0.252 e. The zero-order valence-electron chi connectivity index (χ0n) is 29.0. The number of aromatic nitrogens is 2. The SMILES string of the molecule is COc1cccc(Nc2c(C(N)=O)cnc3c(C)cc(Sc4ccc(-c5ccc(CNCC(O)c6ccc(O)c7[nH]c(=O)ccc67)cc5)cc4)cc23)c1. The molecule has 0 aliphatic rings. The summed E-state index contributed by atoms with van der Waals surface area (Å²) in [7, 11) is 1.61. The quantitative estimate of drug-likeness (QED) is 0.0746. The van der Waals surface area contributed by atoms with Crippen molar-refractivity contribution in [3.8, 4) is 22.6 Å². The number of H-pyrrole nitrogens is 1. The van der Waals surface area contributed by atoms with Gasteiger partial charge in [0, 0.05) is 57.7 Å². The van der Waals surface area contributed by atoms with Crippen molar-refractivity contribution in [1.82, 2.24) is 15.3 Å². The lowest BCUT2D eigenvalue weighted by atomic mass is 10.0. The topological polar surface area (TPSA) is 163 Å². The number of carbonyl (C=O) groups excluding carboxylic acids is 1. The van der Waals surface area contributed by atoms with Gasteiger partial charge in [-0.25, -0.2) is 0 Å². The first-order chi connectivity index (χ1) is 25.7. The minimum absolute atomic E-state index is 0.0394. The minimum Gasteiger partial charge on any atom is -0.506 e. The number of nitrogens with two attached hydrogens (primary N) is 1. The average molecular weight is 724 g/mol. The number of nitrogens with zero attached hydrogens (tertiary/aromatic N) is 1. The number of rotatable bonds is 12. The Morgan fingerprint density at radius 1 is 0.925 bits per heavy atom. The maximum absolute atomic E-state index is 12.5. The number of amides is 1. The van der Waals surface area contributed by atoms with Gasteiger partial charge in [-0.05, 0) is 83.3 Å². The Bertz CT molecular complexity index is 2520. The fourth-order valence-electron chi connectivity index (χ4n) is 6.35. The monoisotopic (exact) mass is 723 g/mol. The maximum atomic E-state index is 12.5. The minimum atomic E-state index is -0.833. The molecule has 0 bridgehead atoms. The number of carbonyl (C=O) groups is 1. The van der Waals surface area contributed by atoms with Crippen LogP contribution >= 0.6 is 11.8 Å². The number of aliphatic hydroxyl groups is 1. The number of pyridine rings is 2. The van der Waals surface area contributed by atoms with E-state index in [0.717, 1.165) is 48.6 Å². The van der Waals surface area contributed by atoms with Crippen molar-refractivity contribution < 1.29 is 19.7 Å². The van der Waals surface area contributed by atoms with Crippen LogP contribution in [0.2, 0.25) is 0 Å². The number of phenols is 1. The lowest BCUT2D eigenvalue weighted by molar-refractivity contribution is 0.100. The number of methoxy groups -OCH3 is 1. The zero-order chi connectivity index (χ0) is 37.1. The number of aryl methyl sites for hydroxylation is 1. The highest BCUT2D eigenvalue weighted by Crippen LogP contribution is 2.37. The molecule has 0 saturated heterocycles. The highest BCUT2D eigenvalue weighted by molar-refractivity contribution is 7.99. The second kappa shape index (κ2) is 15.2. The van der Waals surface area contributed by atoms with Crippen molar-refractivity contribution >= 4 is 50.8 Å². The molecule has 2 aromatic heterocycles. The normalized spacial score (nSPS) is 11.8. The molecule has 7 N–H and O–H groups in total. The third-order valence-electron chi connectivity index (χ3n) is 9.05. The Hall–Kier alpha value is -6.14. The van der Waals surface area contributed by atoms with Crippen LogP contribution in [0.3, 0.4) is 0 Å². The second-order valence-corrected chi connectivity index (χ2v) is 13.8. The van der Waals surface area contributed by atoms with Gasteiger partial charge in [0.15, 0.2) is 0 Å². The molecule has 0 spiro atoms. The van der Waals surface area contributed by atoms with Gasteiger partial charge < -0.3 is 36.3 Å². The predicted octanol–water partition coefficient (Wildman–Crippen LogP) is 7.58. The third kappa shape index (κ3) is 7.73. The first-order valence-electron chi connectivity index (χ1n) is 16.9. The Kier molecular flexibility index (Phi) is 10.1. The van der Waals surface area contributed by atoms with Gasteiger partial charge in [-0.3, -0.25) is 14.6 Å². The van der Waals surface area contributed by atoms with E-state index < -0.39 is 12.0 Å². The molecule has 1 atom stereocenters. The Morgan fingerprint density at radius 2 is 1.68 bits per heavy atom. The lowest BCUT2D eigenvalue weighted by Gasteiger charge is -2.16. The van der Waals surface area contributed by atoms with Crippen molar-refractivity contribution in [2.24, 2.45) is 5.73 Å². The number of phenolic OH excluding ortho intramolecular Hbond substituents is 1. The number of nitrogens with one attached hydrogen (secondary N) is 3. The van der Waals surface area contributed by atoms with E-state index in [1.54, 1.807) is 31.0 Å². The number of aromatic hydroxyl groups is 1. The van der Waals surface area contributed by atoms with Gasteiger partial charge in [0.2, 0.25) is 5.56 Å². The summed E-state index contributed by atoms with van der Waals surface area (Å²) in [5, 5.41) is 29.1. The van der Waals surface area contributed by atoms with E-state index in [2.05, 4.69) is 75.2 Å². The molecule has 266 valence electrons. The fourth-order valence-corrected chi connectivity index (χ4v) is 7.31. The fraction of sp³-hybridized carbons (Fsp3) is 0.119. The van der Waals surface area contributed by atoms with Gasteiger partial charge in [0.25, 0.3) is 5.91 Å². The molecule has 5 aromatic carbocycles. The van der Waals surface area contributed by atoms with E-state index >= 15 is 0 Å². The molecule has 0 fully saturated rings. The molecule has 10 nitrogen and oxygen atoms in total. The number of fused-ring (bicyclic) bond motifs is 2. The highest BCUT2D eigenvalue weighted by atomic mass is 32.2. The third-order valence-corrected chi connectivity index (χ3v) is 10.0. The summed E-state index contributed by atoms with van der Waals surface area (Å²) in [6, 6.07) is 34.4. The molecule has 53 heavy (non-hydrogen) atoms. The number of hydrogen-bond donors (Lipinski definition) is 6. The lowest BCUT2D eigenvalue weighted by Crippen LogP contribution is -2.21. The second-order valence-electron chi connectivity index (χ2n) is 12.7. The van der Waals surface area contributed by atoms with Crippen LogP contribution in [-0.2, 0) is 6.54 Å². The van der Waals surface area contributed by atoms with Crippen LogP contribution < -0.4 is 26.7 Å². The van der Waals surface area contributed by atoms with Crippen LogP contribution in [-0.4, -0.2) is 39.7 Å². The number of benzene rings is 5. The van der Waals surface area contributed by atoms with Crippen molar-refractivity contribution in [3.05, 3.63) is 148 Å². The Labute approximate surface area is 309 Å². The van der Waals surface area contributed by atoms with Crippen molar-refractivity contribution in [1.29, 1.82) is 0 Å². The summed E-state index contributed by atoms with van der Waals surface area (Å²) in [6.07, 6.45) is 0.686. The van der Waals surface area contributed by atoms with Crippen molar-refractivity contribution in [3.63, 3.8) is 0 Å². The summed E-state index contributed by atoms with van der Waals surface area (Å²) in [5.74, 6) is 0.0777. The molecular formula is C42H37N5O5S. The summed E-state index contributed by atoms with van der Waals surface area (Å²) in [5.41, 5.74) is 13.0. The molecular weight excluding hydrogens is 687 g/mol. The van der Waals surface area contributed by atoms with E-state index in [4.69, 9.17) is 10.5 Å². The van der Waals surface area contributed by atoms with Gasteiger partial charge in [-0.15, -0.1) is 0 Å². The largest absolute Gasteiger partial charge is 0.506 e. The van der Waals surface area contributed by atoms with Crippen LogP contribution in [0.4, 0.5) is 11.4 Å². The zero-order valence-corrected chi connectivity index (χ0v) is 29.8. The van der Waals surface area contributed by atoms with Crippen LogP contribution in [0.15, 0.2) is 130 Å². The molecule has 2 heterocycles. The van der Waals surface area contributed by atoms with E-state index in [1.165, 1.54) is 18.3 Å². The molecule has 11 heteroatoms. The predicted molar refractivity (Wildman–Crippen MR) is 210 cm³/mol. The van der Waals surface area contributed by atoms with Gasteiger partial charge >= 0.3 is 0 Å². The van der Waals surface area contributed by atoms with E-state index in [0.29, 0.717) is 46.6 Å². The van der Waals surface area contributed by atoms with E-state index in [-0.39, 0.29) is 11.3 Å². The summed E-state index contributed by atoms with van der Waals surface area (Å²) < 4.78 is 5.38. The number of aliphatic hydroxyl groups excluding tert-OH is 1. The van der Waals surface area contributed by atoms with Crippen LogP contribution in [0.25, 0.3) is 32.9 Å². The van der Waals surface area contributed by atoms with Gasteiger partial charge in [-0.2, -0.15) is 0 Å². The number of primary amides is 1. The number of ether oxygens (including phenoxy) is 1. The average Bonchev–Trinajstić information content (AvgIpc) is 3.16. The van der Waals surface area contributed by atoms with Crippen LogP contribution in [0.5, 0.6) is 11.5 Å². The molecule has 7 aromatic rings. The van der Waals surface area contributed by atoms with Crippen LogP contribution in [0, 0.1) is 6.92 Å². The Morgan fingerprint density at radius 3 is 2.42 bits per heavy atom. The van der Waals surface area contributed by atoms with E-state index in [1.807, 2.05) is 37.3 Å². The number of anilines is 2. The van der Waals surface area contributed by atoms with Crippen LogP contribution in [0.1, 0.15) is 33.2 Å². The molecule has 0 aliphatic carbocycles. The molecule has 0 radical (unpaired) electrons. The summed E-state index contributed by atoms with van der Waals surface area (Å²) in [4.78, 5) is 33.5. The van der Waals surface area contributed by atoms with Crippen molar-refractivity contribution in [2.45, 2.75) is 29.4 Å². The van der Waals surface area contributed by atoms with E-state index in [9.17, 15) is 19.8 Å². The number of hydrogen-bond acceptors (Lipinski definition) is 9. The standard InChI is InChI=1S/C42H37N5O5S/c1-24-18-31(20-34-39(24)45-22-35(42(43)51)40(34)46-28-4-3-5-29(19-28)52-2)53-30-12-10-27(11-13-30)26-8-6-25(7-9-26)21-44-23-37(49)32-14-16-36(48)41-33(32)15-17-38(50)47-41/h3-20,22,37,44,48-49H,21,23H2,1-2H3,(H2,43,51)(H,45,46)(H,47,50). The highest BCUT2D eigenvalue weighted by Gasteiger charge is 2.17. The van der Waals surface area contributed by atoms with Gasteiger partial charge in [0.1, 0.15) is 11.5 Å². The molecule has 1 unspecified atom stereocenters.